The number of nitrogens with zero attached hydrogens (tertiary/aromatic N) is 7. The largest absolute Gasteiger partial charge is 0.496 e. The second kappa shape index (κ2) is 9.60. The first-order chi connectivity index (χ1) is 16.1. The Morgan fingerprint density at radius 3 is 2.70 bits per heavy atom. The van der Waals surface area contributed by atoms with Crippen LogP contribution in [0, 0.1) is 0 Å². The van der Waals surface area contributed by atoms with Crippen molar-refractivity contribution < 1.29 is 14.2 Å². The lowest BCUT2D eigenvalue weighted by molar-refractivity contribution is 0.0949. The van der Waals surface area contributed by atoms with E-state index in [0.29, 0.717) is 17.0 Å². The van der Waals surface area contributed by atoms with Crippen molar-refractivity contribution in [3.8, 4) is 11.6 Å². The molecule has 2 aromatic carbocycles. The lowest BCUT2D eigenvalue weighted by Crippen LogP contribution is -2.24. The average Bonchev–Trinajstić information content (AvgIpc) is 3.45. The zero-order valence-electron chi connectivity index (χ0n) is 17.9. The fourth-order valence-corrected chi connectivity index (χ4v) is 3.11. The minimum Gasteiger partial charge on any atom is -0.496 e. The molecule has 33 heavy (non-hydrogen) atoms. The highest BCUT2D eigenvalue weighted by molar-refractivity contribution is 5.94. The van der Waals surface area contributed by atoms with Crippen molar-refractivity contribution in [2.45, 2.75) is 6.54 Å². The van der Waals surface area contributed by atoms with E-state index >= 15 is 0 Å². The highest BCUT2D eigenvalue weighted by atomic mass is 16.6. The first-order valence-electron chi connectivity index (χ1n) is 9.84. The first-order valence-corrected chi connectivity index (χ1v) is 9.84. The quantitative estimate of drug-likeness (QED) is 0.303. The summed E-state index contributed by atoms with van der Waals surface area (Å²) in [5.74, 6) is 0.222. The summed E-state index contributed by atoms with van der Waals surface area (Å²) in [6.07, 6.45) is 1.48. The number of rotatable bonds is 8. The fourth-order valence-electron chi connectivity index (χ4n) is 3.11. The van der Waals surface area contributed by atoms with E-state index in [1.807, 2.05) is 60.5 Å². The predicted molar refractivity (Wildman–Crippen MR) is 120 cm³/mol. The van der Waals surface area contributed by atoms with Crippen molar-refractivity contribution in [2.75, 3.05) is 24.8 Å². The van der Waals surface area contributed by atoms with Crippen LogP contribution >= 0.6 is 0 Å². The van der Waals surface area contributed by atoms with Gasteiger partial charge in [0.2, 0.25) is 11.6 Å². The lowest BCUT2D eigenvalue weighted by Gasteiger charge is -2.19. The molecule has 0 spiro atoms. The maximum atomic E-state index is 12.9. The molecule has 0 bridgehead atoms. The Balaban J connectivity index is 1.62. The van der Waals surface area contributed by atoms with E-state index in [1.165, 1.54) is 10.9 Å². The molecule has 168 valence electrons. The average molecular weight is 447 g/mol. The summed E-state index contributed by atoms with van der Waals surface area (Å²) < 4.78 is 11.3. The molecule has 0 aliphatic rings. The van der Waals surface area contributed by atoms with Gasteiger partial charge in [-0.25, -0.2) is 10.1 Å². The first kappa shape index (κ1) is 21.5. The van der Waals surface area contributed by atoms with E-state index < -0.39 is 5.91 Å². The van der Waals surface area contributed by atoms with E-state index in [0.717, 1.165) is 5.69 Å². The number of methoxy groups -OCH3 is 1. The minimum absolute atomic E-state index is 0.0182. The topological polar surface area (TPSA) is 150 Å². The van der Waals surface area contributed by atoms with Crippen LogP contribution in [0.4, 0.5) is 11.5 Å². The molecule has 4 aromatic rings. The third-order valence-corrected chi connectivity index (χ3v) is 4.77. The van der Waals surface area contributed by atoms with Crippen LogP contribution in [-0.2, 0) is 6.54 Å². The van der Waals surface area contributed by atoms with Crippen molar-refractivity contribution in [1.82, 2.24) is 30.7 Å². The molecule has 3 N–H and O–H groups in total. The van der Waals surface area contributed by atoms with E-state index in [2.05, 4.69) is 35.8 Å². The van der Waals surface area contributed by atoms with Crippen molar-refractivity contribution in [2.24, 2.45) is 5.10 Å². The Labute approximate surface area is 188 Å². The Morgan fingerprint density at radius 1 is 1.21 bits per heavy atom. The molecule has 12 nitrogen and oxygen atoms in total. The molecule has 0 aliphatic carbocycles. The van der Waals surface area contributed by atoms with Gasteiger partial charge in [-0.05, 0) is 34.6 Å². The standard InChI is InChI=1S/C21H21N9O3/c1-29(15-9-4-3-5-10-15)13-16-18(24-28-30(16)20-19(22)26-33-27-20)21(31)25-23-12-14-8-6-7-11-17(14)32-2/h3-12H,13H2,1-2H3,(H2,22,26)(H,25,31)/b23-12-. The smallest absolute Gasteiger partial charge is 0.293 e. The number of amides is 1. The number of ether oxygens (including phenoxy) is 1. The van der Waals surface area contributed by atoms with Crippen LogP contribution in [0.25, 0.3) is 5.82 Å². The highest BCUT2D eigenvalue weighted by Gasteiger charge is 2.25. The van der Waals surface area contributed by atoms with Crippen LogP contribution in [0.1, 0.15) is 21.7 Å². The lowest BCUT2D eigenvalue weighted by atomic mass is 10.2. The minimum atomic E-state index is -0.557. The van der Waals surface area contributed by atoms with Crippen LogP contribution in [0.3, 0.4) is 0 Å². The normalized spacial score (nSPS) is 11.0. The summed E-state index contributed by atoms with van der Waals surface area (Å²) >= 11 is 0. The van der Waals surface area contributed by atoms with Gasteiger partial charge in [0.25, 0.3) is 5.91 Å². The molecule has 0 saturated carbocycles. The number of nitrogens with two attached hydrogens (primary N) is 1. The number of benzene rings is 2. The molecular weight excluding hydrogens is 426 g/mol. The Bertz CT molecular complexity index is 1270. The summed E-state index contributed by atoms with van der Waals surface area (Å²) in [7, 11) is 3.43. The summed E-state index contributed by atoms with van der Waals surface area (Å²) in [4.78, 5) is 14.8. The molecule has 0 radical (unpaired) electrons. The van der Waals surface area contributed by atoms with Gasteiger partial charge in [-0.3, -0.25) is 4.79 Å². The molecule has 0 saturated heterocycles. The number of anilines is 2. The number of nitrogens with one attached hydrogen (secondary N) is 1. The van der Waals surface area contributed by atoms with Crippen molar-refractivity contribution in [3.05, 3.63) is 71.5 Å². The molecule has 0 atom stereocenters. The molecule has 0 fully saturated rings. The number of para-hydroxylation sites is 2. The summed E-state index contributed by atoms with van der Waals surface area (Å²) in [5, 5.41) is 19.5. The highest BCUT2D eigenvalue weighted by Crippen LogP contribution is 2.20. The zero-order chi connectivity index (χ0) is 23.2. The summed E-state index contributed by atoms with van der Waals surface area (Å²) in [6, 6.07) is 16.9. The van der Waals surface area contributed by atoms with E-state index in [4.69, 9.17) is 10.5 Å². The number of hydrazone groups is 1. The van der Waals surface area contributed by atoms with Crippen molar-refractivity contribution in [3.63, 3.8) is 0 Å². The van der Waals surface area contributed by atoms with Crippen molar-refractivity contribution >= 4 is 23.6 Å². The number of carbonyl (C=O) groups is 1. The third-order valence-electron chi connectivity index (χ3n) is 4.77. The maximum absolute atomic E-state index is 12.9. The number of nitrogen functional groups attached to an aromatic ring is 1. The Morgan fingerprint density at radius 2 is 1.97 bits per heavy atom. The molecule has 0 unspecified atom stereocenters. The van der Waals surface area contributed by atoms with Crippen LogP contribution < -0.4 is 20.8 Å². The van der Waals surface area contributed by atoms with Gasteiger partial charge in [-0.2, -0.15) is 9.78 Å². The summed E-state index contributed by atoms with van der Waals surface area (Å²) in [6.45, 7) is 0.266. The van der Waals surface area contributed by atoms with Crippen LogP contribution in [-0.4, -0.2) is 51.6 Å². The van der Waals surface area contributed by atoms with Crippen molar-refractivity contribution in [1.29, 1.82) is 0 Å². The monoisotopic (exact) mass is 447 g/mol. The van der Waals surface area contributed by atoms with Gasteiger partial charge in [0.05, 0.1) is 25.6 Å². The molecule has 1 amide bonds. The number of carbonyl (C=O) groups excluding carboxylic acids is 1. The van der Waals surface area contributed by atoms with Gasteiger partial charge in [-0.15, -0.1) is 5.10 Å². The van der Waals surface area contributed by atoms with Gasteiger partial charge in [-0.1, -0.05) is 35.5 Å². The fraction of sp³-hybridized carbons (Fsp3) is 0.143. The van der Waals surface area contributed by atoms with Crippen LogP contribution in [0.2, 0.25) is 0 Å². The van der Waals surface area contributed by atoms with Gasteiger partial charge in [0.15, 0.2) is 5.69 Å². The van der Waals surface area contributed by atoms with E-state index in [1.54, 1.807) is 13.2 Å². The second-order valence-corrected chi connectivity index (χ2v) is 6.90. The predicted octanol–water partition coefficient (Wildman–Crippen LogP) is 1.64. The van der Waals surface area contributed by atoms with E-state index in [-0.39, 0.29) is 23.9 Å². The van der Waals surface area contributed by atoms with E-state index in [9.17, 15) is 4.79 Å². The van der Waals surface area contributed by atoms with Crippen LogP contribution in [0.5, 0.6) is 5.75 Å². The number of hydrogen-bond donors (Lipinski definition) is 2. The number of hydrogen-bond acceptors (Lipinski definition) is 10. The molecule has 0 aliphatic heterocycles. The molecule has 2 heterocycles. The second-order valence-electron chi connectivity index (χ2n) is 6.90. The molecule has 2 aromatic heterocycles. The van der Waals surface area contributed by atoms with Gasteiger partial charge >= 0.3 is 0 Å². The van der Waals surface area contributed by atoms with Gasteiger partial charge in [0.1, 0.15) is 5.75 Å². The Hall–Kier alpha value is -4.74. The zero-order valence-corrected chi connectivity index (χ0v) is 17.9. The number of aromatic nitrogens is 5. The maximum Gasteiger partial charge on any atom is 0.293 e. The molecule has 4 rings (SSSR count). The Kier molecular flexibility index (Phi) is 6.25. The summed E-state index contributed by atoms with van der Waals surface area (Å²) in [5.41, 5.74) is 10.4. The van der Waals surface area contributed by atoms with Gasteiger partial charge < -0.3 is 15.4 Å². The third kappa shape index (κ3) is 4.63. The van der Waals surface area contributed by atoms with Gasteiger partial charge in [0, 0.05) is 18.3 Å². The molecular formula is C21H21N9O3. The molecule has 12 heteroatoms. The van der Waals surface area contributed by atoms with Crippen LogP contribution in [0.15, 0.2) is 64.3 Å². The SMILES string of the molecule is COc1ccccc1/C=N\NC(=O)c1nnn(-c2nonc2N)c1CN(C)c1ccccc1.